The van der Waals surface area contributed by atoms with Gasteiger partial charge in [0.1, 0.15) is 0 Å². The van der Waals surface area contributed by atoms with Crippen LogP contribution in [-0.2, 0) is 6.42 Å². The Morgan fingerprint density at radius 2 is 1.82 bits per heavy atom. The topological polar surface area (TPSA) is 26.0 Å². The van der Waals surface area contributed by atoms with Crippen LogP contribution in [0.15, 0.2) is 18.2 Å². The van der Waals surface area contributed by atoms with Crippen LogP contribution >= 0.6 is 23.2 Å². The first-order chi connectivity index (χ1) is 8.20. The molecular weight excluding hydrogens is 253 g/mol. The molecule has 1 saturated carbocycles. The Bertz CT molecular complexity index is 378. The van der Waals surface area contributed by atoms with Crippen LogP contribution in [0.25, 0.3) is 0 Å². The fraction of sp³-hybridized carbons (Fsp3) is 0.571. The van der Waals surface area contributed by atoms with E-state index < -0.39 is 0 Å². The summed E-state index contributed by atoms with van der Waals surface area (Å²) in [7, 11) is 0. The summed E-state index contributed by atoms with van der Waals surface area (Å²) < 4.78 is 0. The van der Waals surface area contributed by atoms with Crippen molar-refractivity contribution in [2.24, 2.45) is 17.6 Å². The third kappa shape index (κ3) is 3.37. The minimum Gasteiger partial charge on any atom is -0.330 e. The molecule has 0 radical (unpaired) electrons. The highest BCUT2D eigenvalue weighted by Gasteiger charge is 2.24. The summed E-state index contributed by atoms with van der Waals surface area (Å²) in [6, 6.07) is 5.80. The zero-order valence-electron chi connectivity index (χ0n) is 9.96. The SMILES string of the molecule is NCC1CCCCC1Cc1ccc(Cl)cc1Cl. The molecule has 0 saturated heterocycles. The van der Waals surface area contributed by atoms with Gasteiger partial charge >= 0.3 is 0 Å². The number of hydrogen-bond donors (Lipinski definition) is 1. The Morgan fingerprint density at radius 1 is 1.12 bits per heavy atom. The second-order valence-electron chi connectivity index (χ2n) is 4.98. The molecule has 1 fully saturated rings. The monoisotopic (exact) mass is 271 g/mol. The molecule has 2 N–H and O–H groups in total. The van der Waals surface area contributed by atoms with Crippen molar-refractivity contribution in [3.8, 4) is 0 Å². The number of nitrogens with two attached hydrogens (primary N) is 1. The van der Waals surface area contributed by atoms with E-state index in [9.17, 15) is 0 Å². The Kier molecular flexibility index (Phi) is 4.72. The minimum atomic E-state index is 0.662. The van der Waals surface area contributed by atoms with Crippen molar-refractivity contribution < 1.29 is 0 Å². The van der Waals surface area contributed by atoms with Gasteiger partial charge in [0, 0.05) is 10.0 Å². The highest BCUT2D eigenvalue weighted by molar-refractivity contribution is 6.35. The van der Waals surface area contributed by atoms with Crippen molar-refractivity contribution in [2.75, 3.05) is 6.54 Å². The van der Waals surface area contributed by atoms with Gasteiger partial charge in [0.25, 0.3) is 0 Å². The number of hydrogen-bond acceptors (Lipinski definition) is 1. The summed E-state index contributed by atoms with van der Waals surface area (Å²) in [5.41, 5.74) is 7.07. The summed E-state index contributed by atoms with van der Waals surface area (Å²) >= 11 is 12.1. The number of rotatable bonds is 3. The average Bonchev–Trinajstić information content (AvgIpc) is 2.33. The molecule has 17 heavy (non-hydrogen) atoms. The maximum absolute atomic E-state index is 6.22. The fourth-order valence-electron chi connectivity index (χ4n) is 2.83. The molecule has 1 nitrogen and oxygen atoms in total. The summed E-state index contributed by atoms with van der Waals surface area (Å²) in [5.74, 6) is 1.35. The first-order valence-electron chi connectivity index (χ1n) is 6.34. The molecule has 3 heteroatoms. The molecule has 1 aromatic rings. The van der Waals surface area contributed by atoms with Crippen LogP contribution < -0.4 is 5.73 Å². The van der Waals surface area contributed by atoms with Crippen LogP contribution in [0.2, 0.25) is 10.0 Å². The predicted molar refractivity (Wildman–Crippen MR) is 74.7 cm³/mol. The zero-order valence-corrected chi connectivity index (χ0v) is 11.5. The molecule has 0 amide bonds. The van der Waals surface area contributed by atoms with E-state index in [1.807, 2.05) is 18.2 Å². The second-order valence-corrected chi connectivity index (χ2v) is 5.82. The van der Waals surface area contributed by atoms with Gasteiger partial charge in [-0.15, -0.1) is 0 Å². The third-order valence-corrected chi connectivity index (χ3v) is 4.45. The van der Waals surface area contributed by atoms with Crippen molar-refractivity contribution >= 4 is 23.2 Å². The number of halogens is 2. The third-order valence-electron chi connectivity index (χ3n) is 3.87. The standard InChI is InChI=1S/C14H19Cl2N/c15-13-6-5-11(14(16)8-13)7-10-3-1-2-4-12(10)9-17/h5-6,8,10,12H,1-4,7,9,17H2. The molecular formula is C14H19Cl2N. The zero-order chi connectivity index (χ0) is 12.3. The Morgan fingerprint density at radius 3 is 2.47 bits per heavy atom. The van der Waals surface area contributed by atoms with Gasteiger partial charge in [0.2, 0.25) is 0 Å². The molecule has 1 aromatic carbocycles. The molecule has 2 atom stereocenters. The Labute approximate surface area is 113 Å². The van der Waals surface area contributed by atoms with Crippen LogP contribution in [-0.4, -0.2) is 6.54 Å². The lowest BCUT2D eigenvalue weighted by Crippen LogP contribution is -2.28. The number of benzene rings is 1. The van der Waals surface area contributed by atoms with Gasteiger partial charge in [-0.3, -0.25) is 0 Å². The minimum absolute atomic E-state index is 0.662. The predicted octanol–water partition coefficient (Wildman–Crippen LogP) is 4.30. The van der Waals surface area contributed by atoms with Gasteiger partial charge in [0.05, 0.1) is 0 Å². The molecule has 1 aliphatic carbocycles. The summed E-state index contributed by atoms with van der Waals surface area (Å²) in [5, 5.41) is 1.50. The Hall–Kier alpha value is -0.240. The van der Waals surface area contributed by atoms with Crippen LogP contribution in [0, 0.1) is 11.8 Å². The van der Waals surface area contributed by atoms with Gasteiger partial charge in [-0.05, 0) is 55.3 Å². The molecule has 0 spiro atoms. The van der Waals surface area contributed by atoms with Gasteiger partial charge in [-0.1, -0.05) is 42.1 Å². The van der Waals surface area contributed by atoms with Gasteiger partial charge in [-0.2, -0.15) is 0 Å². The molecule has 2 rings (SSSR count). The molecule has 0 heterocycles. The molecule has 1 aliphatic rings. The van der Waals surface area contributed by atoms with Crippen molar-refractivity contribution in [2.45, 2.75) is 32.1 Å². The van der Waals surface area contributed by atoms with Gasteiger partial charge in [0.15, 0.2) is 0 Å². The van der Waals surface area contributed by atoms with E-state index >= 15 is 0 Å². The highest BCUT2D eigenvalue weighted by Crippen LogP contribution is 2.34. The summed E-state index contributed by atoms with van der Waals surface area (Å²) in [6.07, 6.45) is 6.24. The molecule has 0 aliphatic heterocycles. The van der Waals surface area contributed by atoms with Crippen molar-refractivity contribution in [1.82, 2.24) is 0 Å². The van der Waals surface area contributed by atoms with Crippen LogP contribution in [0.4, 0.5) is 0 Å². The molecule has 0 aromatic heterocycles. The Balaban J connectivity index is 2.08. The van der Waals surface area contributed by atoms with E-state index in [1.165, 1.54) is 31.2 Å². The van der Waals surface area contributed by atoms with E-state index in [0.717, 1.165) is 18.0 Å². The lowest BCUT2D eigenvalue weighted by Gasteiger charge is -2.31. The maximum atomic E-state index is 6.22. The van der Waals surface area contributed by atoms with E-state index in [2.05, 4.69) is 0 Å². The lowest BCUT2D eigenvalue weighted by molar-refractivity contribution is 0.242. The smallest absolute Gasteiger partial charge is 0.0452 e. The van der Waals surface area contributed by atoms with E-state index in [1.54, 1.807) is 0 Å². The second kappa shape index (κ2) is 6.08. The van der Waals surface area contributed by atoms with E-state index in [0.29, 0.717) is 16.9 Å². The quantitative estimate of drug-likeness (QED) is 0.872. The highest BCUT2D eigenvalue weighted by atomic mass is 35.5. The maximum Gasteiger partial charge on any atom is 0.0452 e. The first kappa shape index (κ1) is 13.2. The largest absolute Gasteiger partial charge is 0.330 e. The summed E-state index contributed by atoms with van der Waals surface area (Å²) in [6.45, 7) is 0.801. The normalized spacial score (nSPS) is 24.9. The molecule has 2 unspecified atom stereocenters. The van der Waals surface area contributed by atoms with Crippen molar-refractivity contribution in [3.05, 3.63) is 33.8 Å². The lowest BCUT2D eigenvalue weighted by atomic mass is 9.76. The van der Waals surface area contributed by atoms with Gasteiger partial charge in [-0.25, -0.2) is 0 Å². The summed E-state index contributed by atoms with van der Waals surface area (Å²) in [4.78, 5) is 0. The fourth-order valence-corrected chi connectivity index (χ4v) is 3.32. The first-order valence-corrected chi connectivity index (χ1v) is 7.10. The molecule has 0 bridgehead atoms. The van der Waals surface area contributed by atoms with Crippen molar-refractivity contribution in [3.63, 3.8) is 0 Å². The van der Waals surface area contributed by atoms with Gasteiger partial charge < -0.3 is 5.73 Å². The van der Waals surface area contributed by atoms with E-state index in [-0.39, 0.29) is 0 Å². The average molecular weight is 272 g/mol. The van der Waals surface area contributed by atoms with Crippen LogP contribution in [0.1, 0.15) is 31.2 Å². The van der Waals surface area contributed by atoms with Crippen LogP contribution in [0.5, 0.6) is 0 Å². The van der Waals surface area contributed by atoms with E-state index in [4.69, 9.17) is 28.9 Å². The molecule has 94 valence electrons. The van der Waals surface area contributed by atoms with Crippen molar-refractivity contribution in [1.29, 1.82) is 0 Å². The van der Waals surface area contributed by atoms with Crippen LogP contribution in [0.3, 0.4) is 0 Å².